The van der Waals surface area contributed by atoms with Crippen LogP contribution in [-0.2, 0) is 6.42 Å². The minimum Gasteiger partial charge on any atom is -0.382 e. The lowest BCUT2D eigenvalue weighted by Crippen LogP contribution is -2.24. The highest BCUT2D eigenvalue weighted by Gasteiger charge is 2.17. The van der Waals surface area contributed by atoms with E-state index in [1.165, 1.54) is 18.7 Å². The second kappa shape index (κ2) is 9.48. The van der Waals surface area contributed by atoms with Gasteiger partial charge in [-0.25, -0.2) is 33.1 Å². The first-order valence-electron chi connectivity index (χ1n) is 10.1. The molecule has 8 nitrogen and oxygen atoms in total. The maximum absolute atomic E-state index is 13.7. The summed E-state index contributed by atoms with van der Waals surface area (Å²) < 4.78 is 41.9. The van der Waals surface area contributed by atoms with Gasteiger partial charge in [0, 0.05) is 12.5 Å². The second-order valence-electron chi connectivity index (χ2n) is 7.16. The summed E-state index contributed by atoms with van der Waals surface area (Å²) >= 11 is 5.91. The molecular formula is C22H17ClF3N7O. The van der Waals surface area contributed by atoms with Crippen molar-refractivity contribution in [3.8, 4) is 5.69 Å². The Morgan fingerprint density at radius 1 is 1.09 bits per heavy atom. The van der Waals surface area contributed by atoms with Crippen molar-refractivity contribution in [1.29, 1.82) is 0 Å². The van der Waals surface area contributed by atoms with Crippen molar-refractivity contribution < 1.29 is 13.2 Å². The molecule has 2 aromatic carbocycles. The summed E-state index contributed by atoms with van der Waals surface area (Å²) in [6, 6.07) is 5.22. The first-order chi connectivity index (χ1) is 16.3. The molecular weight excluding hydrogens is 471 g/mol. The maximum atomic E-state index is 13.7. The number of aromatic nitrogens is 6. The maximum Gasteiger partial charge on any atom is 0.267 e. The third kappa shape index (κ3) is 4.42. The van der Waals surface area contributed by atoms with Crippen LogP contribution in [-0.4, -0.2) is 29.5 Å². The molecule has 0 atom stereocenters. The standard InChI is InChI=1S/C17H12ClF3N2O.C5H5N5/c1-2-3-14-22-13-5-4-12(21)16(18)15(13)17(24)23(14)11-7-9(19)6-10(20)8-11;6-4-3-5(9-1-7-3)10-2-8-4/h4-8H,2-3H2,1H3;1-2H,(H3,6,7,8,9,10). The van der Waals surface area contributed by atoms with Crippen molar-refractivity contribution in [1.82, 2.24) is 29.5 Å². The van der Waals surface area contributed by atoms with Crippen molar-refractivity contribution in [2.75, 3.05) is 5.73 Å². The molecule has 5 aromatic rings. The number of nitrogens with zero attached hydrogens (tertiary/aromatic N) is 5. The number of H-pyrrole nitrogens is 1. The lowest BCUT2D eigenvalue weighted by molar-refractivity contribution is 0.580. The Bertz CT molecular complexity index is 1550. The normalized spacial score (nSPS) is 11.0. The molecule has 3 aromatic heterocycles. The van der Waals surface area contributed by atoms with Gasteiger partial charge in [0.15, 0.2) is 11.5 Å². The number of hydrogen-bond donors (Lipinski definition) is 2. The van der Waals surface area contributed by atoms with Gasteiger partial charge in [-0.15, -0.1) is 0 Å². The van der Waals surface area contributed by atoms with Gasteiger partial charge in [-0.1, -0.05) is 18.5 Å². The quantitative estimate of drug-likeness (QED) is 0.391. The lowest BCUT2D eigenvalue weighted by atomic mass is 10.2. The van der Waals surface area contributed by atoms with Gasteiger partial charge in [0.25, 0.3) is 5.56 Å². The molecule has 0 radical (unpaired) electrons. The van der Waals surface area contributed by atoms with E-state index in [1.54, 1.807) is 0 Å². The van der Waals surface area contributed by atoms with Gasteiger partial charge in [-0.2, -0.15) is 0 Å². The molecule has 34 heavy (non-hydrogen) atoms. The highest BCUT2D eigenvalue weighted by Crippen LogP contribution is 2.24. The van der Waals surface area contributed by atoms with Gasteiger partial charge in [0.1, 0.15) is 35.1 Å². The number of nitrogens with one attached hydrogen (secondary N) is 1. The molecule has 0 saturated carbocycles. The van der Waals surface area contributed by atoms with Gasteiger partial charge in [-0.05, 0) is 30.7 Å². The number of hydrogen-bond acceptors (Lipinski definition) is 6. The van der Waals surface area contributed by atoms with Crippen molar-refractivity contribution in [2.24, 2.45) is 0 Å². The average molecular weight is 488 g/mol. The highest BCUT2D eigenvalue weighted by atomic mass is 35.5. The molecule has 0 aliphatic rings. The van der Waals surface area contributed by atoms with E-state index in [9.17, 15) is 18.0 Å². The lowest BCUT2D eigenvalue weighted by Gasteiger charge is -2.14. The van der Waals surface area contributed by atoms with E-state index in [0.717, 1.165) is 22.8 Å². The van der Waals surface area contributed by atoms with E-state index in [4.69, 9.17) is 17.3 Å². The van der Waals surface area contributed by atoms with Crippen molar-refractivity contribution >= 4 is 39.5 Å². The molecule has 0 amide bonds. The molecule has 3 N–H and O–H groups in total. The fourth-order valence-corrected chi connectivity index (χ4v) is 3.61. The van der Waals surface area contributed by atoms with E-state index < -0.39 is 23.0 Å². The third-order valence-corrected chi connectivity index (χ3v) is 5.20. The van der Waals surface area contributed by atoms with Gasteiger partial charge < -0.3 is 10.7 Å². The Balaban J connectivity index is 0.000000226. The SMILES string of the molecule is CCCc1nc2ccc(F)c(Cl)c2c(=O)n1-c1cc(F)cc(F)c1.Nc1ncnc2nc[nH]c12. The number of nitrogens with two attached hydrogens (primary N) is 1. The number of aromatic amines is 1. The Labute approximate surface area is 195 Å². The number of rotatable bonds is 3. The highest BCUT2D eigenvalue weighted by molar-refractivity contribution is 6.35. The zero-order chi connectivity index (χ0) is 24.4. The minimum atomic E-state index is -0.829. The monoisotopic (exact) mass is 487 g/mol. The van der Waals surface area contributed by atoms with Crippen LogP contribution in [0.25, 0.3) is 27.8 Å². The smallest absolute Gasteiger partial charge is 0.267 e. The molecule has 5 rings (SSSR count). The van der Waals surface area contributed by atoms with E-state index in [-0.39, 0.29) is 21.6 Å². The van der Waals surface area contributed by atoms with Crippen LogP contribution in [0, 0.1) is 17.5 Å². The first-order valence-corrected chi connectivity index (χ1v) is 10.4. The van der Waals surface area contributed by atoms with Crippen LogP contribution in [0.1, 0.15) is 19.2 Å². The van der Waals surface area contributed by atoms with E-state index in [1.807, 2.05) is 6.92 Å². The van der Waals surface area contributed by atoms with Crippen LogP contribution in [0.5, 0.6) is 0 Å². The Hall–Kier alpha value is -3.99. The summed E-state index contributed by atoms with van der Waals surface area (Å²) in [5.41, 5.74) is 6.33. The van der Waals surface area contributed by atoms with Gasteiger partial charge in [0.2, 0.25) is 0 Å². The fraction of sp³-hybridized carbons (Fsp3) is 0.136. The summed E-state index contributed by atoms with van der Waals surface area (Å²) in [6.07, 6.45) is 3.98. The number of halogens is 4. The predicted octanol–water partition coefficient (Wildman–Crippen LogP) is 4.34. The Morgan fingerprint density at radius 3 is 2.50 bits per heavy atom. The van der Waals surface area contributed by atoms with Crippen LogP contribution >= 0.6 is 11.6 Å². The van der Waals surface area contributed by atoms with Crippen molar-refractivity contribution in [3.05, 3.63) is 81.6 Å². The molecule has 12 heteroatoms. The summed E-state index contributed by atoms with van der Waals surface area (Å²) in [7, 11) is 0. The summed E-state index contributed by atoms with van der Waals surface area (Å²) in [4.78, 5) is 31.5. The first kappa shape index (κ1) is 23.2. The van der Waals surface area contributed by atoms with Crippen LogP contribution in [0.3, 0.4) is 0 Å². The molecule has 0 spiro atoms. The van der Waals surface area contributed by atoms with E-state index >= 15 is 0 Å². The van der Waals surface area contributed by atoms with Crippen LogP contribution in [0.2, 0.25) is 5.02 Å². The molecule has 0 bridgehead atoms. The van der Waals surface area contributed by atoms with Crippen molar-refractivity contribution in [2.45, 2.75) is 19.8 Å². The molecule has 0 aliphatic carbocycles. The van der Waals surface area contributed by atoms with Gasteiger partial charge in [0.05, 0.1) is 27.9 Å². The third-order valence-electron chi connectivity index (χ3n) is 4.83. The van der Waals surface area contributed by atoms with Gasteiger partial charge >= 0.3 is 0 Å². The summed E-state index contributed by atoms with van der Waals surface area (Å²) in [5.74, 6) is -1.66. The topological polar surface area (TPSA) is 115 Å². The van der Waals surface area contributed by atoms with E-state index in [2.05, 4.69) is 24.9 Å². The largest absolute Gasteiger partial charge is 0.382 e. The molecule has 174 valence electrons. The van der Waals surface area contributed by atoms with Crippen LogP contribution in [0.15, 0.2) is 47.8 Å². The Kier molecular flexibility index (Phi) is 6.46. The van der Waals surface area contributed by atoms with Gasteiger partial charge in [-0.3, -0.25) is 9.36 Å². The average Bonchev–Trinajstić information content (AvgIpc) is 3.27. The zero-order valence-corrected chi connectivity index (χ0v) is 18.4. The minimum absolute atomic E-state index is 0.0179. The second-order valence-corrected chi connectivity index (χ2v) is 7.54. The number of benzene rings is 2. The van der Waals surface area contributed by atoms with E-state index in [0.29, 0.717) is 41.7 Å². The van der Waals surface area contributed by atoms with Crippen LogP contribution in [0.4, 0.5) is 19.0 Å². The molecule has 3 heterocycles. The zero-order valence-electron chi connectivity index (χ0n) is 17.7. The molecule has 0 fully saturated rings. The fourth-order valence-electron chi connectivity index (χ4n) is 3.36. The summed E-state index contributed by atoms with van der Waals surface area (Å²) in [5, 5.41) is -0.486. The van der Waals surface area contributed by atoms with Crippen molar-refractivity contribution in [3.63, 3.8) is 0 Å². The molecule has 0 aliphatic heterocycles. The molecule has 0 saturated heterocycles. The molecule has 0 unspecified atom stereocenters. The predicted molar refractivity (Wildman–Crippen MR) is 122 cm³/mol. The Morgan fingerprint density at radius 2 is 1.82 bits per heavy atom. The number of aryl methyl sites for hydroxylation is 1. The van der Waals surface area contributed by atoms with Crippen LogP contribution < -0.4 is 11.3 Å². The summed E-state index contributed by atoms with van der Waals surface area (Å²) in [6.45, 7) is 1.88. The number of nitrogen functional groups attached to an aromatic ring is 1. The number of anilines is 1. The number of imidazole rings is 1. The number of fused-ring (bicyclic) bond motifs is 2.